The second-order valence-corrected chi connectivity index (χ2v) is 15.4. The highest BCUT2D eigenvalue weighted by molar-refractivity contribution is 6.43. The van der Waals surface area contributed by atoms with Crippen molar-refractivity contribution in [2.75, 3.05) is 20.2 Å². The molecule has 6 heterocycles. The third-order valence-electron chi connectivity index (χ3n) is 11.7. The molecule has 13 heteroatoms. The van der Waals surface area contributed by atoms with E-state index in [1.807, 2.05) is 17.9 Å². The number of hydrogen-bond acceptors (Lipinski definition) is 7. The minimum Gasteiger partial charge on any atom is -0.465 e. The summed E-state index contributed by atoms with van der Waals surface area (Å²) >= 11 is 13.1. The van der Waals surface area contributed by atoms with Crippen LogP contribution in [0.2, 0.25) is 10.0 Å². The van der Waals surface area contributed by atoms with E-state index in [1.165, 1.54) is 13.3 Å². The van der Waals surface area contributed by atoms with Gasteiger partial charge in [0.2, 0.25) is 5.91 Å². The minimum atomic E-state index is -0.504. The van der Waals surface area contributed by atoms with Gasteiger partial charge in [0.25, 0.3) is 0 Å². The van der Waals surface area contributed by atoms with Gasteiger partial charge in [0.1, 0.15) is 5.52 Å². The topological polar surface area (TPSA) is 118 Å². The second-order valence-electron chi connectivity index (χ2n) is 14.7. The molecule has 3 aliphatic heterocycles. The second kappa shape index (κ2) is 12.6. The van der Waals surface area contributed by atoms with Crippen LogP contribution in [-0.4, -0.2) is 62.3 Å². The highest BCUT2D eigenvalue weighted by Crippen LogP contribution is 2.52. The number of methoxy groups -OCH3 is 1. The lowest BCUT2D eigenvalue weighted by Crippen LogP contribution is -2.41. The SMILES string of the molecule is COC(=O)c1cnn(C2CC(c3cc4c(C)nc5c(F)c(-c6cccc(Cl)c6Cl)c(CCC#N)cc5c4n3C3C4CNC3C4)N(C(=O)C3CC3)C2)c1. The summed E-state index contributed by atoms with van der Waals surface area (Å²) in [6, 6.07) is 11.4. The lowest BCUT2D eigenvalue weighted by molar-refractivity contribution is -0.133. The van der Waals surface area contributed by atoms with Crippen LogP contribution in [0.25, 0.3) is 32.9 Å². The summed E-state index contributed by atoms with van der Waals surface area (Å²) in [5, 5.41) is 19.9. The smallest absolute Gasteiger partial charge is 0.341 e. The summed E-state index contributed by atoms with van der Waals surface area (Å²) in [6.07, 6.45) is 7.09. The van der Waals surface area contributed by atoms with E-state index in [-0.39, 0.29) is 53.0 Å². The Morgan fingerprint density at radius 1 is 1.17 bits per heavy atom. The Labute approximate surface area is 309 Å². The van der Waals surface area contributed by atoms with E-state index < -0.39 is 11.8 Å². The van der Waals surface area contributed by atoms with Crippen molar-refractivity contribution >= 4 is 56.9 Å². The number of nitriles is 1. The molecule has 0 radical (unpaired) electrons. The highest BCUT2D eigenvalue weighted by Gasteiger charge is 2.51. The van der Waals surface area contributed by atoms with E-state index in [2.05, 4.69) is 27.1 Å². The number of aryl methyl sites for hydroxylation is 2. The number of pyridine rings is 1. The van der Waals surface area contributed by atoms with Crippen molar-refractivity contribution in [3.8, 4) is 17.2 Å². The fourth-order valence-corrected chi connectivity index (χ4v) is 9.35. The Balaban J connectivity index is 1.27. The number of fused-ring (bicyclic) bond motifs is 4. The van der Waals surface area contributed by atoms with Crippen LogP contribution >= 0.6 is 23.2 Å². The van der Waals surface area contributed by atoms with E-state index in [1.54, 1.807) is 29.1 Å². The van der Waals surface area contributed by atoms with Crippen molar-refractivity contribution in [1.82, 2.24) is 29.5 Å². The molecule has 2 aliphatic carbocycles. The minimum absolute atomic E-state index is 0.00152. The van der Waals surface area contributed by atoms with Crippen molar-refractivity contribution in [1.29, 1.82) is 5.26 Å². The number of halogens is 3. The third kappa shape index (κ3) is 5.13. The maximum Gasteiger partial charge on any atom is 0.341 e. The summed E-state index contributed by atoms with van der Waals surface area (Å²) in [6.45, 7) is 3.24. The van der Waals surface area contributed by atoms with E-state index in [4.69, 9.17) is 32.9 Å². The molecule has 2 bridgehead atoms. The van der Waals surface area contributed by atoms with Crippen LogP contribution in [0.15, 0.2) is 42.7 Å². The Morgan fingerprint density at radius 2 is 2.00 bits per heavy atom. The first-order chi connectivity index (χ1) is 25.2. The van der Waals surface area contributed by atoms with Gasteiger partial charge >= 0.3 is 5.97 Å². The van der Waals surface area contributed by atoms with Crippen molar-refractivity contribution in [3.63, 3.8) is 0 Å². The van der Waals surface area contributed by atoms with Gasteiger partial charge in [0, 0.05) is 71.0 Å². The highest BCUT2D eigenvalue weighted by atomic mass is 35.5. The first-order valence-electron chi connectivity index (χ1n) is 17.8. The van der Waals surface area contributed by atoms with Gasteiger partial charge in [-0.05, 0) is 68.7 Å². The van der Waals surface area contributed by atoms with E-state index in [0.29, 0.717) is 63.7 Å². The van der Waals surface area contributed by atoms with Gasteiger partial charge in [-0.25, -0.2) is 14.2 Å². The quantitative estimate of drug-likeness (QED) is 0.164. The standard InChI is InChI=1S/C39H36Cl2FN7O3/c1-19-26-14-31(30-13-24(18-47(30)38(50)20-8-9-20)48-17-23(16-45-48)39(51)52-2)49(36-22-12-29(36)44-15-22)37(26)27-11-21(5-4-10-43)32(34(42)35(27)46-19)25-6-3-7-28(40)33(25)41/h3,6-7,11,14,16-17,20,22,24,29-30,36,44H,4-5,8-9,12-13,15,18H2,1-2H3. The first kappa shape index (κ1) is 33.3. The van der Waals surface area contributed by atoms with Gasteiger partial charge in [0.05, 0.1) is 58.6 Å². The van der Waals surface area contributed by atoms with Crippen LogP contribution in [0.5, 0.6) is 0 Å². The summed E-state index contributed by atoms with van der Waals surface area (Å²) in [5.74, 6) is -0.450. The molecular formula is C39H36Cl2FN7O3. The molecule has 10 rings (SSSR count). The van der Waals surface area contributed by atoms with Crippen LogP contribution in [0.3, 0.4) is 0 Å². The zero-order valence-corrected chi connectivity index (χ0v) is 30.2. The molecule has 0 spiro atoms. The zero-order chi connectivity index (χ0) is 36.0. The molecule has 2 saturated carbocycles. The van der Waals surface area contributed by atoms with Crippen LogP contribution < -0.4 is 5.32 Å². The molecular weight excluding hydrogens is 704 g/mol. The number of nitrogens with one attached hydrogen (secondary N) is 1. The number of likely N-dealkylation sites (tertiary alicyclic amines) is 1. The number of carbonyl (C=O) groups excluding carboxylic acids is 2. The van der Waals surface area contributed by atoms with Crippen molar-refractivity contribution < 1.29 is 18.7 Å². The Morgan fingerprint density at radius 3 is 2.71 bits per heavy atom. The Hall–Kier alpha value is -4.50. The van der Waals surface area contributed by atoms with Crippen molar-refractivity contribution in [2.45, 2.75) is 69.6 Å². The monoisotopic (exact) mass is 739 g/mol. The maximum absolute atomic E-state index is 17.2. The van der Waals surface area contributed by atoms with Gasteiger partial charge in [-0.15, -0.1) is 0 Å². The number of amides is 1. The number of hydrogen-bond donors (Lipinski definition) is 1. The normalized spacial score (nSPS) is 23.7. The van der Waals surface area contributed by atoms with Crippen LogP contribution in [-0.2, 0) is 16.0 Å². The molecule has 5 unspecified atom stereocenters. The Bertz CT molecular complexity index is 2350. The number of benzene rings is 2. The summed E-state index contributed by atoms with van der Waals surface area (Å²) in [4.78, 5) is 33.2. The number of ether oxygens (including phenoxy) is 1. The van der Waals surface area contributed by atoms with Gasteiger partial charge < -0.3 is 19.5 Å². The van der Waals surface area contributed by atoms with Gasteiger partial charge in [-0.3, -0.25) is 9.48 Å². The maximum atomic E-state index is 17.2. The molecule has 2 aromatic carbocycles. The predicted octanol–water partition coefficient (Wildman–Crippen LogP) is 7.51. The summed E-state index contributed by atoms with van der Waals surface area (Å²) in [5.41, 5.74) is 4.55. The number of rotatable bonds is 8. The molecule has 10 nitrogen and oxygen atoms in total. The van der Waals surface area contributed by atoms with E-state index in [9.17, 15) is 14.9 Å². The number of carbonyl (C=O) groups is 2. The third-order valence-corrected chi connectivity index (χ3v) is 12.5. The van der Waals surface area contributed by atoms with E-state index in [0.717, 1.165) is 42.4 Å². The molecule has 52 heavy (non-hydrogen) atoms. The zero-order valence-electron chi connectivity index (χ0n) is 28.7. The summed E-state index contributed by atoms with van der Waals surface area (Å²) in [7, 11) is 1.34. The fraction of sp³-hybridized carbons (Fsp3) is 0.410. The van der Waals surface area contributed by atoms with Crippen LogP contribution in [0.4, 0.5) is 4.39 Å². The molecule has 3 aromatic heterocycles. The molecule has 5 fully saturated rings. The fourth-order valence-electron chi connectivity index (χ4n) is 8.95. The Kier molecular flexibility index (Phi) is 8.06. The lowest BCUT2D eigenvalue weighted by Gasteiger charge is -2.39. The molecule has 1 amide bonds. The molecule has 5 aromatic rings. The van der Waals surface area contributed by atoms with Crippen LogP contribution in [0.1, 0.15) is 77.5 Å². The number of esters is 1. The molecule has 266 valence electrons. The first-order valence-corrected chi connectivity index (χ1v) is 18.6. The van der Waals surface area contributed by atoms with Gasteiger partial charge in [0.15, 0.2) is 5.82 Å². The van der Waals surface area contributed by atoms with Crippen molar-refractivity contribution in [3.05, 3.63) is 81.1 Å². The number of nitrogens with zero attached hydrogens (tertiary/aromatic N) is 6. The lowest BCUT2D eigenvalue weighted by atomic mass is 9.79. The van der Waals surface area contributed by atoms with Gasteiger partial charge in [-0.1, -0.05) is 35.3 Å². The molecule has 5 aliphatic rings. The molecule has 5 atom stereocenters. The average molecular weight is 741 g/mol. The number of aromatic nitrogens is 4. The predicted molar refractivity (Wildman–Crippen MR) is 195 cm³/mol. The van der Waals surface area contributed by atoms with Crippen molar-refractivity contribution in [2.24, 2.45) is 11.8 Å². The summed E-state index contributed by atoms with van der Waals surface area (Å²) < 4.78 is 26.3. The average Bonchev–Trinajstić information content (AvgIpc) is 3.64. The molecule has 3 saturated heterocycles. The van der Waals surface area contributed by atoms with Crippen LogP contribution in [0, 0.1) is 35.9 Å². The van der Waals surface area contributed by atoms with E-state index >= 15 is 4.39 Å². The van der Waals surface area contributed by atoms with Gasteiger partial charge in [-0.2, -0.15) is 10.4 Å². The largest absolute Gasteiger partial charge is 0.465 e. The molecule has 1 N–H and O–H groups in total.